The molecular weight excluding hydrogens is 360 g/mol. The molecule has 2 aliphatic rings. The van der Waals surface area contributed by atoms with Crippen molar-refractivity contribution in [3.8, 4) is 0 Å². The van der Waals surface area contributed by atoms with Crippen LogP contribution in [0.3, 0.4) is 0 Å². The van der Waals surface area contributed by atoms with Gasteiger partial charge in [-0.1, -0.05) is 19.3 Å². The molecule has 5 atom stereocenters. The average molecular weight is 388 g/mol. The fraction of sp³-hybridized carbons (Fsp3) is 0.833. The Labute approximate surface area is 158 Å². The molecule has 0 aromatic rings. The minimum Gasteiger partial charge on any atom is -0.463 e. The normalized spacial score (nSPS) is 31.8. The van der Waals surface area contributed by atoms with Gasteiger partial charge in [-0.3, -0.25) is 14.4 Å². The van der Waals surface area contributed by atoms with Crippen molar-refractivity contribution in [2.75, 3.05) is 6.61 Å². The van der Waals surface area contributed by atoms with Crippen LogP contribution in [0.2, 0.25) is 0 Å². The van der Waals surface area contributed by atoms with E-state index in [2.05, 4.69) is 0 Å². The molecule has 1 heterocycles. The lowest BCUT2D eigenvalue weighted by Crippen LogP contribution is -2.62. The summed E-state index contributed by atoms with van der Waals surface area (Å²) in [6.07, 6.45) is -0.954. The van der Waals surface area contributed by atoms with Crippen LogP contribution in [-0.4, -0.2) is 66.4 Å². The van der Waals surface area contributed by atoms with E-state index in [0.717, 1.165) is 32.1 Å². The van der Waals surface area contributed by atoms with E-state index in [-0.39, 0.29) is 12.7 Å². The molecule has 2 rings (SSSR count). The maximum atomic E-state index is 11.5. The molecular formula is C18H28O9. The van der Waals surface area contributed by atoms with Crippen LogP contribution >= 0.6 is 0 Å². The molecule has 0 aromatic heterocycles. The first-order chi connectivity index (χ1) is 12.8. The van der Waals surface area contributed by atoms with Gasteiger partial charge in [0.25, 0.3) is 0 Å². The van der Waals surface area contributed by atoms with Crippen LogP contribution in [0, 0.1) is 0 Å². The highest BCUT2D eigenvalue weighted by Crippen LogP contribution is 2.30. The quantitative estimate of drug-likeness (QED) is 0.522. The molecule has 1 saturated carbocycles. The number of hydrogen-bond acceptors (Lipinski definition) is 9. The smallest absolute Gasteiger partial charge is 0.303 e. The molecule has 0 aromatic carbocycles. The molecule has 0 amide bonds. The Morgan fingerprint density at radius 1 is 0.926 bits per heavy atom. The lowest BCUT2D eigenvalue weighted by molar-refractivity contribution is -0.316. The Morgan fingerprint density at radius 3 is 2.07 bits per heavy atom. The van der Waals surface area contributed by atoms with Crippen molar-refractivity contribution in [1.82, 2.24) is 0 Å². The number of carbonyl (C=O) groups excluding carboxylic acids is 3. The van der Waals surface area contributed by atoms with Crippen molar-refractivity contribution >= 4 is 17.9 Å². The van der Waals surface area contributed by atoms with Crippen molar-refractivity contribution in [1.29, 1.82) is 0 Å². The number of aliphatic hydroxyl groups excluding tert-OH is 1. The van der Waals surface area contributed by atoms with Gasteiger partial charge in [-0.2, -0.15) is 0 Å². The SMILES string of the molecule is CC(=O)OC[C@H]1O[C@@H](OC2CCCCC2)[C@H](O)[C@@H](OC(C)=O)[C@H]1OC(C)=O. The molecule has 1 aliphatic heterocycles. The minimum absolute atomic E-state index is 0.0870. The van der Waals surface area contributed by atoms with Crippen LogP contribution < -0.4 is 0 Å². The van der Waals surface area contributed by atoms with Crippen LogP contribution in [0.5, 0.6) is 0 Å². The Hall–Kier alpha value is -1.71. The minimum atomic E-state index is -1.35. The van der Waals surface area contributed by atoms with E-state index in [1.807, 2.05) is 0 Å². The lowest BCUT2D eigenvalue weighted by atomic mass is 9.96. The zero-order valence-electron chi connectivity index (χ0n) is 15.9. The Kier molecular flexibility index (Phi) is 8.00. The summed E-state index contributed by atoms with van der Waals surface area (Å²) in [5.41, 5.74) is 0. The van der Waals surface area contributed by atoms with Crippen LogP contribution in [0.4, 0.5) is 0 Å². The number of ether oxygens (including phenoxy) is 5. The molecule has 27 heavy (non-hydrogen) atoms. The van der Waals surface area contributed by atoms with Crippen molar-refractivity contribution in [3.63, 3.8) is 0 Å². The highest BCUT2D eigenvalue weighted by atomic mass is 16.7. The number of rotatable bonds is 6. The molecule has 0 spiro atoms. The first-order valence-corrected chi connectivity index (χ1v) is 9.24. The standard InChI is InChI=1S/C18H28O9/c1-10(19)23-9-14-16(24-11(2)20)17(25-12(3)21)15(22)18(27-14)26-13-7-5-4-6-8-13/h13-18,22H,4-9H2,1-3H3/t14-,15-,16+,17-,18-/m1/s1. The van der Waals surface area contributed by atoms with Gasteiger partial charge in [0.2, 0.25) is 0 Å². The van der Waals surface area contributed by atoms with Crippen LogP contribution in [0.25, 0.3) is 0 Å². The van der Waals surface area contributed by atoms with Crippen LogP contribution in [-0.2, 0) is 38.1 Å². The predicted molar refractivity (Wildman–Crippen MR) is 90.4 cm³/mol. The van der Waals surface area contributed by atoms with Gasteiger partial charge in [0.05, 0.1) is 6.10 Å². The Balaban J connectivity index is 2.19. The summed E-state index contributed by atoms with van der Waals surface area (Å²) in [6, 6.07) is 0. The summed E-state index contributed by atoms with van der Waals surface area (Å²) in [4.78, 5) is 34.2. The van der Waals surface area contributed by atoms with E-state index in [0.29, 0.717) is 0 Å². The van der Waals surface area contributed by atoms with E-state index < -0.39 is 48.6 Å². The Bertz CT molecular complexity index is 529. The van der Waals surface area contributed by atoms with Crippen molar-refractivity contribution < 1.29 is 43.2 Å². The fourth-order valence-corrected chi connectivity index (χ4v) is 3.39. The number of esters is 3. The molecule has 9 heteroatoms. The highest BCUT2D eigenvalue weighted by Gasteiger charge is 2.50. The summed E-state index contributed by atoms with van der Waals surface area (Å²) in [7, 11) is 0. The van der Waals surface area contributed by atoms with Crippen LogP contribution in [0.1, 0.15) is 52.9 Å². The molecule has 1 aliphatic carbocycles. The monoisotopic (exact) mass is 388 g/mol. The summed E-state index contributed by atoms with van der Waals surface area (Å²) < 4.78 is 27.1. The summed E-state index contributed by atoms with van der Waals surface area (Å²) >= 11 is 0. The zero-order valence-corrected chi connectivity index (χ0v) is 15.9. The van der Waals surface area contributed by atoms with Gasteiger partial charge in [-0.25, -0.2) is 0 Å². The third-order valence-corrected chi connectivity index (χ3v) is 4.55. The third-order valence-electron chi connectivity index (χ3n) is 4.55. The molecule has 1 saturated heterocycles. The number of carbonyl (C=O) groups is 3. The molecule has 154 valence electrons. The fourth-order valence-electron chi connectivity index (χ4n) is 3.39. The summed E-state index contributed by atoms with van der Waals surface area (Å²) in [6.45, 7) is 3.37. The second kappa shape index (κ2) is 10.0. The molecule has 0 bridgehead atoms. The van der Waals surface area contributed by atoms with E-state index >= 15 is 0 Å². The summed E-state index contributed by atoms with van der Waals surface area (Å²) in [5, 5.41) is 10.7. The Morgan fingerprint density at radius 2 is 1.52 bits per heavy atom. The maximum absolute atomic E-state index is 11.5. The van der Waals surface area contributed by atoms with Gasteiger partial charge in [-0.15, -0.1) is 0 Å². The van der Waals surface area contributed by atoms with Crippen LogP contribution in [0.15, 0.2) is 0 Å². The molecule has 2 fully saturated rings. The van der Waals surface area contributed by atoms with Gasteiger partial charge in [-0.05, 0) is 12.8 Å². The second-order valence-electron chi connectivity index (χ2n) is 6.88. The third kappa shape index (κ3) is 6.44. The summed E-state index contributed by atoms with van der Waals surface area (Å²) in [5.74, 6) is -1.84. The van der Waals surface area contributed by atoms with E-state index in [9.17, 15) is 19.5 Å². The van der Waals surface area contributed by atoms with E-state index in [4.69, 9.17) is 23.7 Å². The van der Waals surface area contributed by atoms with Gasteiger partial charge >= 0.3 is 17.9 Å². The zero-order chi connectivity index (χ0) is 20.0. The van der Waals surface area contributed by atoms with Gasteiger partial charge in [0.15, 0.2) is 18.5 Å². The maximum Gasteiger partial charge on any atom is 0.303 e. The first-order valence-electron chi connectivity index (χ1n) is 9.24. The van der Waals surface area contributed by atoms with Gasteiger partial charge < -0.3 is 28.8 Å². The lowest BCUT2D eigenvalue weighted by Gasteiger charge is -2.44. The topological polar surface area (TPSA) is 118 Å². The molecule has 1 N–H and O–H groups in total. The predicted octanol–water partition coefficient (Wildman–Crippen LogP) is 0.848. The van der Waals surface area contributed by atoms with E-state index in [1.54, 1.807) is 0 Å². The first kappa shape index (κ1) is 21.6. The molecule has 0 radical (unpaired) electrons. The van der Waals surface area contributed by atoms with E-state index in [1.165, 1.54) is 20.8 Å². The second-order valence-corrected chi connectivity index (χ2v) is 6.88. The number of hydrogen-bond donors (Lipinski definition) is 1. The van der Waals surface area contributed by atoms with Gasteiger partial charge in [0.1, 0.15) is 18.8 Å². The van der Waals surface area contributed by atoms with Gasteiger partial charge in [0, 0.05) is 20.8 Å². The highest BCUT2D eigenvalue weighted by molar-refractivity contribution is 5.67. The number of aliphatic hydroxyl groups is 1. The van der Waals surface area contributed by atoms with Crippen molar-refractivity contribution in [2.24, 2.45) is 0 Å². The molecule has 0 unspecified atom stereocenters. The van der Waals surface area contributed by atoms with Crippen molar-refractivity contribution in [2.45, 2.75) is 89.7 Å². The molecule has 9 nitrogen and oxygen atoms in total. The largest absolute Gasteiger partial charge is 0.463 e. The van der Waals surface area contributed by atoms with Crippen molar-refractivity contribution in [3.05, 3.63) is 0 Å². The average Bonchev–Trinajstić information content (AvgIpc) is 2.59.